The van der Waals surface area contributed by atoms with Crippen LogP contribution in [-0.2, 0) is 13.0 Å². The van der Waals surface area contributed by atoms with Gasteiger partial charge in [-0.1, -0.05) is 11.6 Å². The standard InChI is InChI=1S/C16H16ClNO2/c1-19-15-4-2-14(3-5-15)18-10-12-9-13(17)8-11-6-7-20-16(11)12/h2-5,8-9,18H,6-7,10H2,1H3. The van der Waals surface area contributed by atoms with Gasteiger partial charge >= 0.3 is 0 Å². The van der Waals surface area contributed by atoms with Crippen LogP contribution < -0.4 is 14.8 Å². The smallest absolute Gasteiger partial charge is 0.127 e. The summed E-state index contributed by atoms with van der Waals surface area (Å²) < 4.78 is 10.8. The lowest BCUT2D eigenvalue weighted by atomic mass is 10.1. The first kappa shape index (κ1) is 13.1. The van der Waals surface area contributed by atoms with Crippen LogP contribution in [0, 0.1) is 0 Å². The second-order valence-electron chi connectivity index (χ2n) is 4.73. The average Bonchev–Trinajstić information content (AvgIpc) is 2.93. The Morgan fingerprint density at radius 3 is 2.80 bits per heavy atom. The van der Waals surface area contributed by atoms with Crippen molar-refractivity contribution < 1.29 is 9.47 Å². The van der Waals surface area contributed by atoms with E-state index in [2.05, 4.69) is 5.32 Å². The molecule has 1 heterocycles. The number of rotatable bonds is 4. The van der Waals surface area contributed by atoms with Crippen molar-refractivity contribution in [1.82, 2.24) is 0 Å². The van der Waals surface area contributed by atoms with Crippen LogP contribution in [0.25, 0.3) is 0 Å². The van der Waals surface area contributed by atoms with Gasteiger partial charge < -0.3 is 14.8 Å². The van der Waals surface area contributed by atoms with Crippen molar-refractivity contribution in [3.8, 4) is 11.5 Å². The van der Waals surface area contributed by atoms with Gasteiger partial charge in [-0.05, 0) is 42.0 Å². The molecule has 0 unspecified atom stereocenters. The van der Waals surface area contributed by atoms with E-state index in [4.69, 9.17) is 21.1 Å². The predicted molar refractivity (Wildman–Crippen MR) is 81.0 cm³/mol. The zero-order chi connectivity index (χ0) is 13.9. The second-order valence-corrected chi connectivity index (χ2v) is 5.17. The van der Waals surface area contributed by atoms with Crippen molar-refractivity contribution in [3.05, 3.63) is 52.5 Å². The summed E-state index contributed by atoms with van der Waals surface area (Å²) >= 11 is 6.15. The van der Waals surface area contributed by atoms with E-state index in [1.165, 1.54) is 5.56 Å². The van der Waals surface area contributed by atoms with Crippen LogP contribution in [0.5, 0.6) is 11.5 Å². The number of benzene rings is 2. The highest BCUT2D eigenvalue weighted by molar-refractivity contribution is 6.30. The topological polar surface area (TPSA) is 30.5 Å². The third-order valence-electron chi connectivity index (χ3n) is 3.40. The molecule has 0 saturated carbocycles. The molecule has 0 bridgehead atoms. The van der Waals surface area contributed by atoms with Crippen LogP contribution in [-0.4, -0.2) is 13.7 Å². The molecule has 0 radical (unpaired) electrons. The number of nitrogens with one attached hydrogen (secondary N) is 1. The molecule has 1 aliphatic heterocycles. The lowest BCUT2D eigenvalue weighted by Crippen LogP contribution is -2.01. The van der Waals surface area contributed by atoms with E-state index in [-0.39, 0.29) is 0 Å². The first-order chi connectivity index (χ1) is 9.76. The molecule has 0 fully saturated rings. The maximum absolute atomic E-state index is 6.15. The summed E-state index contributed by atoms with van der Waals surface area (Å²) in [5.41, 5.74) is 3.34. The van der Waals surface area contributed by atoms with Crippen molar-refractivity contribution in [2.75, 3.05) is 19.0 Å². The minimum atomic E-state index is 0.690. The predicted octanol–water partition coefficient (Wildman–Crippen LogP) is 3.90. The molecule has 20 heavy (non-hydrogen) atoms. The summed E-state index contributed by atoms with van der Waals surface area (Å²) in [6.07, 6.45) is 0.936. The summed E-state index contributed by atoms with van der Waals surface area (Å²) in [4.78, 5) is 0. The van der Waals surface area contributed by atoms with E-state index in [1.807, 2.05) is 36.4 Å². The molecule has 4 heteroatoms. The molecule has 0 amide bonds. The Morgan fingerprint density at radius 1 is 1.25 bits per heavy atom. The number of ether oxygens (including phenoxy) is 2. The van der Waals surface area contributed by atoms with E-state index >= 15 is 0 Å². The van der Waals surface area contributed by atoms with E-state index in [1.54, 1.807) is 7.11 Å². The fourth-order valence-corrected chi connectivity index (χ4v) is 2.65. The molecule has 1 N–H and O–H groups in total. The van der Waals surface area contributed by atoms with Crippen LogP contribution in [0.2, 0.25) is 5.02 Å². The summed E-state index contributed by atoms with van der Waals surface area (Å²) in [5.74, 6) is 1.83. The molecule has 0 aromatic heterocycles. The number of anilines is 1. The zero-order valence-electron chi connectivity index (χ0n) is 11.3. The molecule has 0 aliphatic carbocycles. The van der Waals surface area contributed by atoms with Gasteiger partial charge in [0.15, 0.2) is 0 Å². The molecule has 3 nitrogen and oxygen atoms in total. The molecule has 0 atom stereocenters. The van der Waals surface area contributed by atoms with Crippen LogP contribution in [0.4, 0.5) is 5.69 Å². The van der Waals surface area contributed by atoms with E-state index in [0.29, 0.717) is 6.54 Å². The van der Waals surface area contributed by atoms with Crippen molar-refractivity contribution in [3.63, 3.8) is 0 Å². The molecule has 1 aliphatic rings. The second kappa shape index (κ2) is 5.63. The Hall–Kier alpha value is -1.87. The zero-order valence-corrected chi connectivity index (χ0v) is 12.0. The summed E-state index contributed by atoms with van der Waals surface area (Å²) in [6, 6.07) is 11.8. The highest BCUT2D eigenvalue weighted by atomic mass is 35.5. The third-order valence-corrected chi connectivity index (χ3v) is 3.62. The Morgan fingerprint density at radius 2 is 2.05 bits per heavy atom. The number of hydrogen-bond acceptors (Lipinski definition) is 3. The quantitative estimate of drug-likeness (QED) is 0.926. The molecule has 0 saturated heterocycles. The Labute approximate surface area is 123 Å². The maximum Gasteiger partial charge on any atom is 0.127 e. The lowest BCUT2D eigenvalue weighted by Gasteiger charge is -2.11. The largest absolute Gasteiger partial charge is 0.497 e. The lowest BCUT2D eigenvalue weighted by molar-refractivity contribution is 0.354. The van der Waals surface area contributed by atoms with Crippen LogP contribution in [0.1, 0.15) is 11.1 Å². The van der Waals surface area contributed by atoms with Crippen LogP contribution in [0.15, 0.2) is 36.4 Å². The van der Waals surface area contributed by atoms with Gasteiger partial charge in [0.1, 0.15) is 11.5 Å². The molecular formula is C16H16ClNO2. The van der Waals surface area contributed by atoms with E-state index < -0.39 is 0 Å². The monoisotopic (exact) mass is 289 g/mol. The third kappa shape index (κ3) is 2.68. The van der Waals surface area contributed by atoms with Crippen LogP contribution >= 0.6 is 11.6 Å². The highest BCUT2D eigenvalue weighted by Gasteiger charge is 2.17. The number of methoxy groups -OCH3 is 1. The first-order valence-corrected chi connectivity index (χ1v) is 6.96. The van der Waals surface area contributed by atoms with E-state index in [9.17, 15) is 0 Å². The number of hydrogen-bond donors (Lipinski definition) is 1. The first-order valence-electron chi connectivity index (χ1n) is 6.58. The minimum absolute atomic E-state index is 0.690. The summed E-state index contributed by atoms with van der Waals surface area (Å²) in [7, 11) is 1.66. The summed E-state index contributed by atoms with van der Waals surface area (Å²) in [6.45, 7) is 1.43. The van der Waals surface area contributed by atoms with Crippen LogP contribution in [0.3, 0.4) is 0 Å². The SMILES string of the molecule is COc1ccc(NCc2cc(Cl)cc3c2OCC3)cc1. The average molecular weight is 290 g/mol. The maximum atomic E-state index is 6.15. The van der Waals surface area contributed by atoms with Gasteiger partial charge in [-0.25, -0.2) is 0 Å². The van der Waals surface area contributed by atoms with Gasteiger partial charge in [0.25, 0.3) is 0 Å². The molecule has 2 aromatic carbocycles. The van der Waals surface area contributed by atoms with Gasteiger partial charge in [-0.15, -0.1) is 0 Å². The fourth-order valence-electron chi connectivity index (χ4n) is 2.38. The van der Waals surface area contributed by atoms with Crippen molar-refractivity contribution in [2.45, 2.75) is 13.0 Å². The molecule has 104 valence electrons. The summed E-state index contributed by atoms with van der Waals surface area (Å²) in [5, 5.41) is 4.14. The normalized spacial score (nSPS) is 12.7. The Balaban J connectivity index is 1.75. The van der Waals surface area contributed by atoms with Crippen molar-refractivity contribution in [1.29, 1.82) is 0 Å². The highest BCUT2D eigenvalue weighted by Crippen LogP contribution is 2.33. The Bertz CT molecular complexity index is 611. The van der Waals surface area contributed by atoms with E-state index in [0.717, 1.165) is 40.8 Å². The van der Waals surface area contributed by atoms with Crippen molar-refractivity contribution in [2.24, 2.45) is 0 Å². The van der Waals surface area contributed by atoms with Crippen molar-refractivity contribution >= 4 is 17.3 Å². The fraction of sp³-hybridized carbons (Fsp3) is 0.250. The molecule has 3 rings (SSSR count). The van der Waals surface area contributed by atoms with Gasteiger partial charge in [-0.2, -0.15) is 0 Å². The van der Waals surface area contributed by atoms with Gasteiger partial charge in [0.2, 0.25) is 0 Å². The van der Waals surface area contributed by atoms with Gasteiger partial charge in [0.05, 0.1) is 13.7 Å². The molecule has 0 spiro atoms. The Kier molecular flexibility index (Phi) is 3.70. The molecule has 2 aromatic rings. The number of fused-ring (bicyclic) bond motifs is 1. The number of halogens is 1. The molecular weight excluding hydrogens is 274 g/mol. The van der Waals surface area contributed by atoms with Gasteiger partial charge in [-0.3, -0.25) is 0 Å². The minimum Gasteiger partial charge on any atom is -0.497 e. The van der Waals surface area contributed by atoms with Gasteiger partial charge in [0, 0.05) is 29.2 Å².